The van der Waals surface area contributed by atoms with Gasteiger partial charge in [0.1, 0.15) is 12.3 Å². The van der Waals surface area contributed by atoms with Crippen molar-refractivity contribution in [3.63, 3.8) is 0 Å². The number of amides is 1. The summed E-state index contributed by atoms with van der Waals surface area (Å²) in [4.78, 5) is 29.9. The molecule has 0 bridgehead atoms. The fourth-order valence-electron chi connectivity index (χ4n) is 3.90. The fraction of sp³-hybridized carbons (Fsp3) is 0.400. The first-order chi connectivity index (χ1) is 16.5. The maximum absolute atomic E-state index is 12.8. The number of aliphatic hydroxyl groups excluding tert-OH is 1. The molecule has 0 radical (unpaired) electrons. The lowest BCUT2D eigenvalue weighted by molar-refractivity contribution is -0.119. The van der Waals surface area contributed by atoms with E-state index in [0.29, 0.717) is 35.4 Å². The molecule has 3 N–H and O–H groups in total. The summed E-state index contributed by atoms with van der Waals surface area (Å²) >= 11 is 0. The van der Waals surface area contributed by atoms with Crippen LogP contribution in [0.1, 0.15) is 35.8 Å². The molecule has 0 fully saturated rings. The summed E-state index contributed by atoms with van der Waals surface area (Å²) in [5.74, 6) is -0.948. The maximum atomic E-state index is 12.8. The molecule has 1 unspecified atom stereocenters. The molecule has 1 amide bonds. The first-order valence-electron chi connectivity index (χ1n) is 11.3. The Hall–Kier alpha value is -3.43. The minimum atomic E-state index is -0.561. The van der Waals surface area contributed by atoms with Crippen molar-refractivity contribution in [2.75, 3.05) is 38.1 Å². The van der Waals surface area contributed by atoms with E-state index in [2.05, 4.69) is 27.8 Å². The molecule has 0 aliphatic carbocycles. The predicted molar refractivity (Wildman–Crippen MR) is 131 cm³/mol. The molecular formula is C25H32N4O5. The van der Waals surface area contributed by atoms with Gasteiger partial charge in [-0.15, -0.1) is 0 Å². The van der Waals surface area contributed by atoms with Crippen molar-refractivity contribution >= 4 is 34.3 Å². The Morgan fingerprint density at radius 1 is 1.21 bits per heavy atom. The van der Waals surface area contributed by atoms with E-state index in [1.807, 2.05) is 31.2 Å². The Balaban J connectivity index is 2.03. The average molecular weight is 469 g/mol. The predicted octanol–water partition coefficient (Wildman–Crippen LogP) is 3.22. The highest BCUT2D eigenvalue weighted by Gasteiger charge is 2.26. The number of pyridine rings is 1. The molecule has 9 heteroatoms. The number of methoxy groups -OCH3 is 2. The molecule has 0 saturated heterocycles. The van der Waals surface area contributed by atoms with Gasteiger partial charge >= 0.3 is 5.97 Å². The lowest BCUT2D eigenvalue weighted by atomic mass is 10.1. The molecule has 1 aromatic carbocycles. The third-order valence-corrected chi connectivity index (χ3v) is 5.48. The molecule has 3 rings (SSSR count). The molecule has 2 heterocycles. The molecular weight excluding hydrogens is 436 g/mol. The van der Waals surface area contributed by atoms with Crippen molar-refractivity contribution in [1.29, 1.82) is 0 Å². The second-order valence-electron chi connectivity index (χ2n) is 8.09. The minimum Gasteiger partial charge on any atom is -0.464 e. The Bertz CT molecular complexity index is 1110. The third kappa shape index (κ3) is 6.12. The van der Waals surface area contributed by atoms with Crippen LogP contribution in [0.5, 0.6) is 0 Å². The van der Waals surface area contributed by atoms with Gasteiger partial charge in [0.25, 0.3) is 0 Å². The molecule has 0 spiro atoms. The molecule has 9 nitrogen and oxygen atoms in total. The van der Waals surface area contributed by atoms with Crippen LogP contribution >= 0.6 is 0 Å². The number of hydrogen-bond acceptors (Lipinski definition) is 7. The van der Waals surface area contributed by atoms with E-state index in [1.165, 1.54) is 19.8 Å². The van der Waals surface area contributed by atoms with Crippen LogP contribution in [0.3, 0.4) is 0 Å². The van der Waals surface area contributed by atoms with Gasteiger partial charge in [-0.3, -0.25) is 4.79 Å². The second-order valence-corrected chi connectivity index (χ2v) is 8.09. The number of fused-ring (bicyclic) bond motifs is 1. The van der Waals surface area contributed by atoms with Crippen molar-refractivity contribution < 1.29 is 24.2 Å². The number of ether oxygens (including phenoxy) is 2. The summed E-state index contributed by atoms with van der Waals surface area (Å²) in [6.07, 6.45) is 3.85. The zero-order valence-corrected chi connectivity index (χ0v) is 19.8. The van der Waals surface area contributed by atoms with Gasteiger partial charge in [-0.05, 0) is 37.8 Å². The third-order valence-electron chi connectivity index (χ3n) is 5.48. The zero-order chi connectivity index (χ0) is 24.5. The molecule has 0 aliphatic rings. The normalized spacial score (nSPS) is 11.9. The van der Waals surface area contributed by atoms with E-state index in [1.54, 1.807) is 10.8 Å². The van der Waals surface area contributed by atoms with Crippen LogP contribution in [-0.4, -0.2) is 60.0 Å². The van der Waals surface area contributed by atoms with Gasteiger partial charge in [0.2, 0.25) is 5.91 Å². The van der Waals surface area contributed by atoms with Gasteiger partial charge in [0, 0.05) is 31.7 Å². The average Bonchev–Trinajstić information content (AvgIpc) is 3.12. The van der Waals surface area contributed by atoms with Gasteiger partial charge in [0.05, 0.1) is 24.7 Å². The van der Waals surface area contributed by atoms with E-state index in [4.69, 9.17) is 9.47 Å². The quantitative estimate of drug-likeness (QED) is 0.350. The standard InChI is InChI=1S/C25H32N4O5/c1-17(11-13-30)27-19-14-20-22(28-21(31)16-33-2)23(25(32)34-3)29(24(20)26-15-19)12-7-10-18-8-5-4-6-9-18/h4-6,8-9,14-15,17,27,30H,7,10-13,16H2,1-3H3,(H,28,31). The van der Waals surface area contributed by atoms with E-state index in [-0.39, 0.29) is 30.9 Å². The molecule has 2 aromatic heterocycles. The van der Waals surface area contributed by atoms with E-state index < -0.39 is 5.97 Å². The number of anilines is 2. The number of hydrogen-bond donors (Lipinski definition) is 3. The van der Waals surface area contributed by atoms with E-state index in [9.17, 15) is 14.7 Å². The number of nitrogens with zero attached hydrogens (tertiary/aromatic N) is 2. The Morgan fingerprint density at radius 2 is 1.97 bits per heavy atom. The van der Waals surface area contributed by atoms with Crippen molar-refractivity contribution in [2.24, 2.45) is 0 Å². The summed E-state index contributed by atoms with van der Waals surface area (Å²) in [5.41, 5.74) is 3.07. The van der Waals surface area contributed by atoms with Crippen LogP contribution in [-0.2, 0) is 27.2 Å². The Morgan fingerprint density at radius 3 is 2.65 bits per heavy atom. The smallest absolute Gasteiger partial charge is 0.356 e. The molecule has 182 valence electrons. The molecule has 0 aliphatic heterocycles. The van der Waals surface area contributed by atoms with E-state index >= 15 is 0 Å². The number of carbonyl (C=O) groups is 2. The van der Waals surface area contributed by atoms with Crippen LogP contribution < -0.4 is 10.6 Å². The molecule has 1 atom stereocenters. The van der Waals surface area contributed by atoms with Gasteiger partial charge in [-0.1, -0.05) is 30.3 Å². The van der Waals surface area contributed by atoms with Crippen LogP contribution in [0, 0.1) is 0 Å². The van der Waals surface area contributed by atoms with Gasteiger partial charge in [0.15, 0.2) is 5.69 Å². The highest BCUT2D eigenvalue weighted by Crippen LogP contribution is 2.33. The first kappa shape index (κ1) is 25.2. The zero-order valence-electron chi connectivity index (χ0n) is 19.8. The highest BCUT2D eigenvalue weighted by molar-refractivity contribution is 6.11. The summed E-state index contributed by atoms with van der Waals surface area (Å²) in [6.45, 7) is 2.37. The van der Waals surface area contributed by atoms with E-state index in [0.717, 1.165) is 12.8 Å². The maximum Gasteiger partial charge on any atom is 0.356 e. The van der Waals surface area contributed by atoms with Crippen LogP contribution in [0.2, 0.25) is 0 Å². The van der Waals surface area contributed by atoms with Crippen molar-refractivity contribution in [3.05, 3.63) is 53.9 Å². The highest BCUT2D eigenvalue weighted by atomic mass is 16.5. The number of aliphatic hydroxyl groups is 1. The van der Waals surface area contributed by atoms with Crippen LogP contribution in [0.4, 0.5) is 11.4 Å². The number of aryl methyl sites for hydroxylation is 2. The topological polar surface area (TPSA) is 115 Å². The molecule has 34 heavy (non-hydrogen) atoms. The monoisotopic (exact) mass is 468 g/mol. The Kier molecular flexibility index (Phi) is 9.00. The number of nitrogens with one attached hydrogen (secondary N) is 2. The largest absolute Gasteiger partial charge is 0.464 e. The van der Waals surface area contributed by atoms with Crippen LogP contribution in [0.25, 0.3) is 11.0 Å². The summed E-state index contributed by atoms with van der Waals surface area (Å²) < 4.78 is 11.8. The number of rotatable bonds is 12. The lowest BCUT2D eigenvalue weighted by Crippen LogP contribution is -2.20. The minimum absolute atomic E-state index is 0.0174. The fourth-order valence-corrected chi connectivity index (χ4v) is 3.90. The van der Waals surface area contributed by atoms with Gasteiger partial charge in [-0.25, -0.2) is 9.78 Å². The number of carbonyl (C=O) groups excluding carboxylic acids is 2. The SMILES string of the molecule is COCC(=O)Nc1c(C(=O)OC)n(CCCc2ccccc2)c2ncc(NC(C)CCO)cc12. The summed E-state index contributed by atoms with van der Waals surface area (Å²) in [5, 5.41) is 15.9. The summed E-state index contributed by atoms with van der Waals surface area (Å²) in [7, 11) is 2.74. The first-order valence-corrected chi connectivity index (χ1v) is 11.3. The van der Waals surface area contributed by atoms with Crippen LogP contribution in [0.15, 0.2) is 42.6 Å². The summed E-state index contributed by atoms with van der Waals surface area (Å²) in [6, 6.07) is 12.0. The van der Waals surface area contributed by atoms with Gasteiger partial charge < -0.3 is 29.8 Å². The lowest BCUT2D eigenvalue weighted by Gasteiger charge is -2.14. The number of esters is 1. The molecule has 0 saturated carbocycles. The number of aromatic nitrogens is 2. The Labute approximate surface area is 199 Å². The second kappa shape index (κ2) is 12.2. The van der Waals surface area contributed by atoms with Crippen molar-refractivity contribution in [2.45, 2.75) is 38.8 Å². The number of benzene rings is 1. The van der Waals surface area contributed by atoms with Crippen molar-refractivity contribution in [3.8, 4) is 0 Å². The van der Waals surface area contributed by atoms with Gasteiger partial charge in [-0.2, -0.15) is 0 Å². The van der Waals surface area contributed by atoms with Crippen molar-refractivity contribution in [1.82, 2.24) is 9.55 Å². The molecule has 3 aromatic rings.